The summed E-state index contributed by atoms with van der Waals surface area (Å²) in [4.78, 5) is 23.0. The molecule has 0 bridgehead atoms. The lowest BCUT2D eigenvalue weighted by Gasteiger charge is -2.30. The summed E-state index contributed by atoms with van der Waals surface area (Å²) < 4.78 is 12.9. The minimum Gasteiger partial charge on any atom is -0.354 e. The van der Waals surface area contributed by atoms with Crippen LogP contribution in [-0.4, -0.2) is 40.4 Å². The van der Waals surface area contributed by atoms with Crippen molar-refractivity contribution in [3.05, 3.63) is 53.6 Å². The summed E-state index contributed by atoms with van der Waals surface area (Å²) >= 11 is 0. The Hall–Kier alpha value is -2.50. The van der Waals surface area contributed by atoms with Crippen molar-refractivity contribution in [2.45, 2.75) is 26.2 Å². The molecule has 0 aliphatic carbocycles. The van der Waals surface area contributed by atoms with E-state index in [1.54, 1.807) is 24.4 Å². The van der Waals surface area contributed by atoms with E-state index in [2.05, 4.69) is 22.2 Å². The summed E-state index contributed by atoms with van der Waals surface area (Å²) in [6.45, 7) is 4.36. The van der Waals surface area contributed by atoms with Gasteiger partial charge >= 0.3 is 0 Å². The topological polar surface area (TPSA) is 58.1 Å². The van der Waals surface area contributed by atoms with E-state index in [-0.39, 0.29) is 11.7 Å². The minimum atomic E-state index is -0.238. The van der Waals surface area contributed by atoms with Crippen LogP contribution >= 0.6 is 0 Å². The smallest absolute Gasteiger partial charge is 0.272 e. The van der Waals surface area contributed by atoms with Gasteiger partial charge in [0.05, 0.1) is 0 Å². The molecule has 6 heteroatoms. The number of halogens is 1. The van der Waals surface area contributed by atoms with Crippen molar-refractivity contribution in [1.29, 1.82) is 0 Å². The maximum absolute atomic E-state index is 12.9. The Bertz CT molecular complexity index is 720. The predicted octanol–water partition coefficient (Wildman–Crippen LogP) is 3.14. The molecule has 1 saturated heterocycles. The summed E-state index contributed by atoms with van der Waals surface area (Å²) in [6.07, 6.45) is 4.55. The molecule has 0 spiro atoms. The number of likely N-dealkylation sites (tertiary alicyclic amines) is 1. The summed E-state index contributed by atoms with van der Waals surface area (Å²) in [5.41, 5.74) is 1.46. The second kappa shape index (κ2) is 8.05. The molecule has 132 valence electrons. The zero-order valence-corrected chi connectivity index (χ0v) is 14.4. The highest BCUT2D eigenvalue weighted by Crippen LogP contribution is 2.17. The van der Waals surface area contributed by atoms with Crippen LogP contribution in [-0.2, 0) is 6.42 Å². The van der Waals surface area contributed by atoms with Crippen LogP contribution in [0.25, 0.3) is 0 Å². The Balaban J connectivity index is 1.57. The van der Waals surface area contributed by atoms with E-state index in [1.165, 1.54) is 18.6 Å². The van der Waals surface area contributed by atoms with Crippen LogP contribution in [0.3, 0.4) is 0 Å². The van der Waals surface area contributed by atoms with E-state index in [1.807, 2.05) is 4.90 Å². The van der Waals surface area contributed by atoms with Gasteiger partial charge in [0, 0.05) is 25.8 Å². The summed E-state index contributed by atoms with van der Waals surface area (Å²) in [5.74, 6) is 0.708. The van der Waals surface area contributed by atoms with E-state index in [0.717, 1.165) is 31.5 Å². The number of piperidine rings is 1. The summed E-state index contributed by atoms with van der Waals surface area (Å²) in [7, 11) is 0. The molecule has 5 nitrogen and oxygen atoms in total. The van der Waals surface area contributed by atoms with E-state index < -0.39 is 0 Å². The predicted molar refractivity (Wildman–Crippen MR) is 94.9 cm³/mol. The van der Waals surface area contributed by atoms with Crippen LogP contribution in [0, 0.1) is 11.7 Å². The standard InChI is InChI=1S/C19H23FN4O/c1-14-3-2-12-24(13-14)18(25)17-9-11-22-19(23-17)21-10-8-15-4-6-16(20)7-5-15/h4-7,9,11,14H,2-3,8,10,12-13H2,1H3,(H,21,22,23). The number of hydrogen-bond donors (Lipinski definition) is 1. The maximum Gasteiger partial charge on any atom is 0.272 e. The second-order valence-corrected chi connectivity index (χ2v) is 6.57. The third-order valence-electron chi connectivity index (χ3n) is 4.43. The van der Waals surface area contributed by atoms with Gasteiger partial charge in [-0.2, -0.15) is 0 Å². The molecule has 25 heavy (non-hydrogen) atoms. The van der Waals surface area contributed by atoms with Gasteiger partial charge in [-0.05, 0) is 48.9 Å². The van der Waals surface area contributed by atoms with Crippen LogP contribution in [0.1, 0.15) is 35.8 Å². The van der Waals surface area contributed by atoms with Gasteiger partial charge in [0.1, 0.15) is 11.5 Å². The fourth-order valence-electron chi connectivity index (χ4n) is 3.07. The van der Waals surface area contributed by atoms with Gasteiger partial charge in [-0.3, -0.25) is 4.79 Å². The summed E-state index contributed by atoms with van der Waals surface area (Å²) in [5, 5.41) is 3.13. The lowest BCUT2D eigenvalue weighted by molar-refractivity contribution is 0.0677. The molecular formula is C19H23FN4O. The summed E-state index contributed by atoms with van der Waals surface area (Å²) in [6, 6.07) is 8.08. The molecule has 1 unspecified atom stereocenters. The van der Waals surface area contributed by atoms with E-state index in [4.69, 9.17) is 0 Å². The Morgan fingerprint density at radius 3 is 2.88 bits per heavy atom. The number of hydrogen-bond acceptors (Lipinski definition) is 4. The van der Waals surface area contributed by atoms with Gasteiger partial charge in [0.25, 0.3) is 5.91 Å². The molecule has 1 aromatic carbocycles. The van der Waals surface area contributed by atoms with Crippen molar-refractivity contribution in [3.8, 4) is 0 Å². The zero-order valence-electron chi connectivity index (χ0n) is 14.4. The monoisotopic (exact) mass is 342 g/mol. The van der Waals surface area contributed by atoms with Gasteiger partial charge in [0.15, 0.2) is 0 Å². The number of benzene rings is 1. The Morgan fingerprint density at radius 1 is 1.32 bits per heavy atom. The molecule has 1 amide bonds. The molecule has 3 rings (SSSR count). The number of amides is 1. The maximum atomic E-state index is 12.9. The van der Waals surface area contributed by atoms with Crippen LogP contribution in [0.5, 0.6) is 0 Å². The molecule has 2 aromatic rings. The quantitative estimate of drug-likeness (QED) is 0.907. The van der Waals surface area contributed by atoms with Crippen molar-refractivity contribution in [2.75, 3.05) is 25.0 Å². The molecular weight excluding hydrogens is 319 g/mol. The minimum absolute atomic E-state index is 0.0319. The average Bonchev–Trinajstić information content (AvgIpc) is 2.63. The largest absolute Gasteiger partial charge is 0.354 e. The highest BCUT2D eigenvalue weighted by molar-refractivity contribution is 5.92. The number of anilines is 1. The molecule has 1 aromatic heterocycles. The van der Waals surface area contributed by atoms with Gasteiger partial charge in [-0.25, -0.2) is 14.4 Å². The van der Waals surface area contributed by atoms with Crippen molar-refractivity contribution >= 4 is 11.9 Å². The van der Waals surface area contributed by atoms with Gasteiger partial charge in [-0.15, -0.1) is 0 Å². The van der Waals surface area contributed by atoms with E-state index in [0.29, 0.717) is 24.1 Å². The highest BCUT2D eigenvalue weighted by Gasteiger charge is 2.23. The van der Waals surface area contributed by atoms with Crippen LogP contribution < -0.4 is 5.32 Å². The third kappa shape index (κ3) is 4.75. The molecule has 0 radical (unpaired) electrons. The third-order valence-corrected chi connectivity index (χ3v) is 4.43. The van der Waals surface area contributed by atoms with Gasteiger partial charge in [-0.1, -0.05) is 19.1 Å². The molecule has 0 saturated carbocycles. The Kier molecular flexibility index (Phi) is 5.58. The molecule has 2 heterocycles. The number of carbonyl (C=O) groups excluding carboxylic acids is 1. The van der Waals surface area contributed by atoms with Crippen LogP contribution in [0.2, 0.25) is 0 Å². The van der Waals surface area contributed by atoms with Crippen LogP contribution in [0.15, 0.2) is 36.5 Å². The first-order valence-corrected chi connectivity index (χ1v) is 8.72. The van der Waals surface area contributed by atoms with Crippen molar-refractivity contribution in [3.63, 3.8) is 0 Å². The highest BCUT2D eigenvalue weighted by atomic mass is 19.1. The van der Waals surface area contributed by atoms with E-state index in [9.17, 15) is 9.18 Å². The molecule has 1 aliphatic rings. The van der Waals surface area contributed by atoms with Crippen molar-refractivity contribution in [2.24, 2.45) is 5.92 Å². The molecule has 1 aliphatic heterocycles. The number of rotatable bonds is 5. The first-order chi connectivity index (χ1) is 12.1. The van der Waals surface area contributed by atoms with Gasteiger partial charge < -0.3 is 10.2 Å². The Morgan fingerprint density at radius 2 is 2.12 bits per heavy atom. The SMILES string of the molecule is CC1CCCN(C(=O)c2ccnc(NCCc3ccc(F)cc3)n2)C1. The lowest BCUT2D eigenvalue weighted by Crippen LogP contribution is -2.39. The van der Waals surface area contributed by atoms with Gasteiger partial charge in [0.2, 0.25) is 5.95 Å². The molecule has 1 N–H and O–H groups in total. The first-order valence-electron chi connectivity index (χ1n) is 8.72. The first kappa shape index (κ1) is 17.3. The normalized spacial score (nSPS) is 17.4. The van der Waals surface area contributed by atoms with E-state index >= 15 is 0 Å². The number of aromatic nitrogens is 2. The fraction of sp³-hybridized carbons (Fsp3) is 0.421. The van der Waals surface area contributed by atoms with Crippen molar-refractivity contribution < 1.29 is 9.18 Å². The number of nitrogens with one attached hydrogen (secondary N) is 1. The zero-order chi connectivity index (χ0) is 17.6. The van der Waals surface area contributed by atoms with Crippen molar-refractivity contribution in [1.82, 2.24) is 14.9 Å². The molecule has 1 atom stereocenters. The van der Waals surface area contributed by atoms with Crippen LogP contribution in [0.4, 0.5) is 10.3 Å². The number of nitrogens with zero attached hydrogens (tertiary/aromatic N) is 3. The Labute approximate surface area is 147 Å². The lowest BCUT2D eigenvalue weighted by atomic mass is 10.00. The molecule has 1 fully saturated rings. The number of carbonyl (C=O) groups is 1. The second-order valence-electron chi connectivity index (χ2n) is 6.57. The average molecular weight is 342 g/mol. The fourth-order valence-corrected chi connectivity index (χ4v) is 3.07.